The fourth-order valence-corrected chi connectivity index (χ4v) is 4.29. The van der Waals surface area contributed by atoms with Gasteiger partial charge in [-0.3, -0.25) is 0 Å². The lowest BCUT2D eigenvalue weighted by atomic mass is 10.1. The molecule has 0 aromatic heterocycles. The van der Waals surface area contributed by atoms with Gasteiger partial charge in [-0.25, -0.2) is 8.42 Å². The number of rotatable bonds is 3. The molecule has 0 spiro atoms. The second-order valence-corrected chi connectivity index (χ2v) is 6.22. The van der Waals surface area contributed by atoms with Crippen LogP contribution in [0.3, 0.4) is 0 Å². The Kier molecular flexibility index (Phi) is 3.10. The summed E-state index contributed by atoms with van der Waals surface area (Å²) in [5.74, 6) is 0.709. The first kappa shape index (κ1) is 11.7. The first-order chi connectivity index (χ1) is 7.60. The Morgan fingerprint density at radius 3 is 2.75 bits per heavy atom. The molecule has 86 valence electrons. The number of hydrogen-bond acceptors (Lipinski definition) is 4. The highest BCUT2D eigenvalue weighted by Crippen LogP contribution is 2.36. The zero-order valence-corrected chi connectivity index (χ0v) is 10.6. The van der Waals surface area contributed by atoms with E-state index in [0.717, 1.165) is 11.1 Å². The van der Waals surface area contributed by atoms with Crippen molar-refractivity contribution in [1.29, 1.82) is 0 Å². The summed E-state index contributed by atoms with van der Waals surface area (Å²) in [6.07, 6.45) is 1.96. The summed E-state index contributed by atoms with van der Waals surface area (Å²) in [5.41, 5.74) is 7.96. The maximum atomic E-state index is 12.0. The molecule has 2 rings (SSSR count). The molecule has 16 heavy (non-hydrogen) atoms. The van der Waals surface area contributed by atoms with Crippen molar-refractivity contribution in [3.8, 4) is 0 Å². The molecular weight excluding hydrogens is 242 g/mol. The van der Waals surface area contributed by atoms with Gasteiger partial charge in [0.15, 0.2) is 0 Å². The number of nitrogens with two attached hydrogens (primary N) is 1. The van der Waals surface area contributed by atoms with Gasteiger partial charge in [-0.2, -0.15) is 11.8 Å². The number of hydrogen-bond donors (Lipinski definition) is 1. The molecule has 0 bridgehead atoms. The summed E-state index contributed by atoms with van der Waals surface area (Å²) in [4.78, 5) is 0.404. The standard InChI is InChI=1S/C11H13NO2S2/c1-15-6-9-7-16(13,14)11-8(5-12)3-2-4-10(9)11/h2-4,7H,5-6,12H2,1H3. The highest BCUT2D eigenvalue weighted by atomic mass is 32.2. The summed E-state index contributed by atoms with van der Waals surface area (Å²) >= 11 is 1.61. The van der Waals surface area contributed by atoms with Crippen LogP contribution in [-0.4, -0.2) is 20.4 Å². The van der Waals surface area contributed by atoms with Crippen LogP contribution in [0.15, 0.2) is 28.5 Å². The van der Waals surface area contributed by atoms with Gasteiger partial charge in [-0.15, -0.1) is 0 Å². The molecule has 5 heteroatoms. The minimum atomic E-state index is -3.28. The normalized spacial score (nSPS) is 17.0. The van der Waals surface area contributed by atoms with Gasteiger partial charge in [0.1, 0.15) is 0 Å². The highest BCUT2D eigenvalue weighted by molar-refractivity contribution is 7.99. The lowest BCUT2D eigenvalue weighted by molar-refractivity contribution is 0.604. The quantitative estimate of drug-likeness (QED) is 0.892. The van der Waals surface area contributed by atoms with Crippen molar-refractivity contribution in [2.24, 2.45) is 5.73 Å². The molecule has 1 aromatic rings. The van der Waals surface area contributed by atoms with Crippen molar-refractivity contribution in [1.82, 2.24) is 0 Å². The highest BCUT2D eigenvalue weighted by Gasteiger charge is 2.28. The Hall–Kier alpha value is -0.780. The van der Waals surface area contributed by atoms with Crippen LogP contribution in [-0.2, 0) is 16.4 Å². The number of fused-ring (bicyclic) bond motifs is 1. The first-order valence-electron chi connectivity index (χ1n) is 4.87. The van der Waals surface area contributed by atoms with E-state index in [-0.39, 0.29) is 6.54 Å². The molecule has 0 radical (unpaired) electrons. The minimum absolute atomic E-state index is 0.253. The maximum Gasteiger partial charge on any atom is 0.201 e. The second kappa shape index (κ2) is 4.24. The van der Waals surface area contributed by atoms with E-state index < -0.39 is 9.84 Å². The minimum Gasteiger partial charge on any atom is -0.326 e. The van der Waals surface area contributed by atoms with Gasteiger partial charge in [0.2, 0.25) is 9.84 Å². The van der Waals surface area contributed by atoms with Crippen LogP contribution in [0.5, 0.6) is 0 Å². The van der Waals surface area contributed by atoms with Crippen molar-refractivity contribution in [2.45, 2.75) is 11.4 Å². The van der Waals surface area contributed by atoms with E-state index in [0.29, 0.717) is 16.2 Å². The molecule has 1 heterocycles. The maximum absolute atomic E-state index is 12.0. The van der Waals surface area contributed by atoms with Gasteiger partial charge in [0.25, 0.3) is 0 Å². The average Bonchev–Trinajstić information content (AvgIpc) is 2.52. The summed E-state index contributed by atoms with van der Waals surface area (Å²) in [6.45, 7) is 0.253. The Labute approximate surface area is 99.6 Å². The topological polar surface area (TPSA) is 60.2 Å². The molecule has 0 fully saturated rings. The molecule has 0 unspecified atom stereocenters. The average molecular weight is 255 g/mol. The third kappa shape index (κ3) is 1.79. The molecule has 0 saturated heterocycles. The van der Waals surface area contributed by atoms with E-state index in [4.69, 9.17) is 5.73 Å². The van der Waals surface area contributed by atoms with Crippen LogP contribution >= 0.6 is 11.8 Å². The predicted molar refractivity (Wildman–Crippen MR) is 67.9 cm³/mol. The van der Waals surface area contributed by atoms with Gasteiger partial charge in [0.05, 0.1) is 4.90 Å². The van der Waals surface area contributed by atoms with E-state index in [1.807, 2.05) is 18.4 Å². The molecule has 1 aromatic carbocycles. The second-order valence-electron chi connectivity index (χ2n) is 3.62. The van der Waals surface area contributed by atoms with E-state index in [2.05, 4.69) is 0 Å². The van der Waals surface area contributed by atoms with Crippen LogP contribution in [0.4, 0.5) is 0 Å². The van der Waals surface area contributed by atoms with Gasteiger partial charge in [0, 0.05) is 17.7 Å². The van der Waals surface area contributed by atoms with Crippen molar-refractivity contribution < 1.29 is 8.42 Å². The van der Waals surface area contributed by atoms with Crippen molar-refractivity contribution in [3.05, 3.63) is 34.7 Å². The Bertz CT molecular complexity index is 547. The van der Waals surface area contributed by atoms with Gasteiger partial charge in [-0.05, 0) is 23.0 Å². The fourth-order valence-electron chi connectivity index (χ4n) is 1.91. The van der Waals surface area contributed by atoms with E-state index in [1.165, 1.54) is 5.41 Å². The third-order valence-corrected chi connectivity index (χ3v) is 4.79. The monoisotopic (exact) mass is 255 g/mol. The van der Waals surface area contributed by atoms with Gasteiger partial charge >= 0.3 is 0 Å². The van der Waals surface area contributed by atoms with Crippen LogP contribution in [0, 0.1) is 0 Å². The fraction of sp³-hybridized carbons (Fsp3) is 0.273. The Balaban J connectivity index is 2.66. The summed E-state index contributed by atoms with van der Waals surface area (Å²) < 4.78 is 24.0. The van der Waals surface area contributed by atoms with Crippen LogP contribution in [0.25, 0.3) is 5.57 Å². The molecule has 0 saturated carbocycles. The smallest absolute Gasteiger partial charge is 0.201 e. The van der Waals surface area contributed by atoms with Crippen molar-refractivity contribution in [2.75, 3.05) is 12.0 Å². The zero-order valence-electron chi connectivity index (χ0n) is 8.93. The molecule has 0 amide bonds. The SMILES string of the molecule is CSCC1=CS(=O)(=O)c2c(CN)cccc21. The molecule has 0 aliphatic carbocycles. The number of sulfone groups is 1. The third-order valence-electron chi connectivity index (χ3n) is 2.54. The van der Waals surface area contributed by atoms with Crippen molar-refractivity contribution in [3.63, 3.8) is 0 Å². The largest absolute Gasteiger partial charge is 0.326 e. The van der Waals surface area contributed by atoms with E-state index >= 15 is 0 Å². The molecular formula is C11H13NO2S2. The van der Waals surface area contributed by atoms with Crippen molar-refractivity contribution >= 4 is 27.2 Å². The molecule has 3 nitrogen and oxygen atoms in total. The molecule has 0 atom stereocenters. The molecule has 2 N–H and O–H groups in total. The predicted octanol–water partition coefficient (Wildman–Crippen LogP) is 1.64. The summed E-state index contributed by atoms with van der Waals surface area (Å²) in [5, 5.41) is 1.37. The molecule has 1 aliphatic rings. The Morgan fingerprint density at radius 1 is 1.38 bits per heavy atom. The first-order valence-corrected chi connectivity index (χ1v) is 7.81. The molecule has 1 aliphatic heterocycles. The summed E-state index contributed by atoms with van der Waals surface area (Å²) in [6, 6.07) is 5.48. The number of thioether (sulfide) groups is 1. The number of benzene rings is 1. The summed E-state index contributed by atoms with van der Waals surface area (Å²) in [7, 11) is -3.28. The van der Waals surface area contributed by atoms with E-state index in [9.17, 15) is 8.42 Å². The van der Waals surface area contributed by atoms with E-state index in [1.54, 1.807) is 17.8 Å². The van der Waals surface area contributed by atoms with Gasteiger partial charge in [-0.1, -0.05) is 18.2 Å². The Morgan fingerprint density at radius 2 is 2.12 bits per heavy atom. The van der Waals surface area contributed by atoms with Crippen LogP contribution in [0.1, 0.15) is 11.1 Å². The zero-order chi connectivity index (χ0) is 11.8. The lowest BCUT2D eigenvalue weighted by Crippen LogP contribution is -2.05. The van der Waals surface area contributed by atoms with Crippen LogP contribution in [0.2, 0.25) is 0 Å². The lowest BCUT2D eigenvalue weighted by Gasteiger charge is -2.06. The van der Waals surface area contributed by atoms with Crippen LogP contribution < -0.4 is 5.73 Å². The van der Waals surface area contributed by atoms with Gasteiger partial charge < -0.3 is 5.73 Å².